The normalized spacial score (nSPS) is 13.2. The van der Waals surface area contributed by atoms with Crippen LogP contribution in [-0.2, 0) is 14.3 Å². The molecule has 1 amide bonds. The standard InChI is InChI=1S/C16H32F2N2O3/c1-14(2,3)20-8-7-9-22-12-16(17,18)11-19-13(21)10-23-15(4,5)6/h20H,7-12H2,1-6H3,(H,19,21). The van der Waals surface area contributed by atoms with Gasteiger partial charge in [0.05, 0.1) is 12.1 Å². The highest BCUT2D eigenvalue weighted by Gasteiger charge is 2.30. The minimum Gasteiger partial charge on any atom is -0.375 e. The van der Waals surface area contributed by atoms with E-state index in [9.17, 15) is 13.6 Å². The Labute approximate surface area is 138 Å². The van der Waals surface area contributed by atoms with Crippen LogP contribution in [0.25, 0.3) is 0 Å². The third kappa shape index (κ3) is 15.9. The first kappa shape index (κ1) is 22.2. The number of nitrogens with one attached hydrogen (secondary N) is 2. The number of ether oxygens (including phenoxy) is 2. The second-order valence-corrected chi connectivity index (χ2v) is 7.62. The van der Waals surface area contributed by atoms with Crippen LogP contribution < -0.4 is 10.6 Å². The molecular formula is C16H32F2N2O3. The molecular weight excluding hydrogens is 306 g/mol. The summed E-state index contributed by atoms with van der Waals surface area (Å²) < 4.78 is 37.3. The molecule has 0 heterocycles. The highest BCUT2D eigenvalue weighted by atomic mass is 19.3. The largest absolute Gasteiger partial charge is 0.375 e. The predicted octanol–water partition coefficient (Wildman–Crippen LogP) is 2.35. The Bertz CT molecular complexity index is 350. The number of carbonyl (C=O) groups excluding carboxylic acids is 1. The molecule has 0 atom stereocenters. The van der Waals surface area contributed by atoms with E-state index in [1.807, 2.05) is 20.8 Å². The minimum absolute atomic E-state index is 0.00332. The zero-order chi connectivity index (χ0) is 18.1. The maximum atomic E-state index is 13.6. The van der Waals surface area contributed by atoms with Crippen LogP contribution in [0.15, 0.2) is 0 Å². The highest BCUT2D eigenvalue weighted by Crippen LogP contribution is 2.12. The summed E-state index contributed by atoms with van der Waals surface area (Å²) in [5.41, 5.74) is -0.479. The van der Waals surface area contributed by atoms with Gasteiger partial charge < -0.3 is 20.1 Å². The number of hydrogen-bond donors (Lipinski definition) is 2. The van der Waals surface area contributed by atoms with E-state index in [1.54, 1.807) is 20.8 Å². The van der Waals surface area contributed by atoms with Gasteiger partial charge in [-0.05, 0) is 54.5 Å². The molecule has 0 aromatic heterocycles. The number of alkyl halides is 2. The third-order valence-corrected chi connectivity index (χ3v) is 2.61. The quantitative estimate of drug-likeness (QED) is 0.600. The van der Waals surface area contributed by atoms with Crippen LogP contribution in [-0.4, -0.2) is 55.9 Å². The second-order valence-electron chi connectivity index (χ2n) is 7.62. The summed E-state index contributed by atoms with van der Waals surface area (Å²) in [6, 6.07) is 0. The minimum atomic E-state index is -3.09. The second kappa shape index (κ2) is 9.49. The van der Waals surface area contributed by atoms with Crippen LogP contribution in [0.4, 0.5) is 8.78 Å². The van der Waals surface area contributed by atoms with Crippen molar-refractivity contribution in [2.75, 3.05) is 32.9 Å². The molecule has 0 radical (unpaired) electrons. The van der Waals surface area contributed by atoms with Crippen molar-refractivity contribution >= 4 is 5.91 Å². The van der Waals surface area contributed by atoms with E-state index in [2.05, 4.69) is 10.6 Å². The molecule has 5 nitrogen and oxygen atoms in total. The molecule has 0 bridgehead atoms. The molecule has 0 aliphatic carbocycles. The average molecular weight is 338 g/mol. The smallest absolute Gasteiger partial charge is 0.287 e. The average Bonchev–Trinajstić information content (AvgIpc) is 2.36. The molecule has 0 unspecified atom stereocenters. The van der Waals surface area contributed by atoms with E-state index in [0.29, 0.717) is 13.0 Å². The van der Waals surface area contributed by atoms with E-state index >= 15 is 0 Å². The molecule has 2 N–H and O–H groups in total. The number of carbonyl (C=O) groups is 1. The fourth-order valence-electron chi connectivity index (χ4n) is 1.47. The maximum Gasteiger partial charge on any atom is 0.287 e. The molecule has 0 aromatic rings. The molecule has 0 saturated carbocycles. The van der Waals surface area contributed by atoms with E-state index in [-0.39, 0.29) is 18.8 Å². The lowest BCUT2D eigenvalue weighted by atomic mass is 10.1. The van der Waals surface area contributed by atoms with E-state index in [0.717, 1.165) is 0 Å². The summed E-state index contributed by atoms with van der Waals surface area (Å²) in [5, 5.41) is 5.41. The summed E-state index contributed by atoms with van der Waals surface area (Å²) in [7, 11) is 0. The number of rotatable bonds is 10. The lowest BCUT2D eigenvalue weighted by molar-refractivity contribution is -0.134. The highest BCUT2D eigenvalue weighted by molar-refractivity contribution is 5.77. The van der Waals surface area contributed by atoms with Crippen molar-refractivity contribution in [3.05, 3.63) is 0 Å². The fraction of sp³-hybridized carbons (Fsp3) is 0.938. The van der Waals surface area contributed by atoms with Gasteiger partial charge >= 0.3 is 0 Å². The van der Waals surface area contributed by atoms with Gasteiger partial charge in [0.25, 0.3) is 5.92 Å². The van der Waals surface area contributed by atoms with E-state index in [4.69, 9.17) is 9.47 Å². The van der Waals surface area contributed by atoms with Gasteiger partial charge in [-0.1, -0.05) is 0 Å². The fourth-order valence-corrected chi connectivity index (χ4v) is 1.47. The lowest BCUT2D eigenvalue weighted by Crippen LogP contribution is -2.42. The molecule has 0 spiro atoms. The van der Waals surface area contributed by atoms with Gasteiger partial charge in [-0.25, -0.2) is 8.78 Å². The number of amides is 1. The molecule has 23 heavy (non-hydrogen) atoms. The molecule has 0 saturated heterocycles. The Morgan fingerprint density at radius 1 is 1.09 bits per heavy atom. The Morgan fingerprint density at radius 3 is 2.22 bits per heavy atom. The summed E-state index contributed by atoms with van der Waals surface area (Å²) >= 11 is 0. The Morgan fingerprint density at radius 2 is 1.70 bits per heavy atom. The number of hydrogen-bond acceptors (Lipinski definition) is 4. The lowest BCUT2D eigenvalue weighted by Gasteiger charge is -2.21. The third-order valence-electron chi connectivity index (χ3n) is 2.61. The summed E-state index contributed by atoms with van der Waals surface area (Å²) in [6.07, 6.45) is 0.652. The van der Waals surface area contributed by atoms with Crippen molar-refractivity contribution in [2.24, 2.45) is 0 Å². The van der Waals surface area contributed by atoms with E-state index in [1.165, 1.54) is 0 Å². The summed E-state index contributed by atoms with van der Waals surface area (Å²) in [6.45, 7) is 10.7. The molecule has 0 aliphatic heterocycles. The zero-order valence-electron chi connectivity index (χ0n) is 15.2. The van der Waals surface area contributed by atoms with Gasteiger partial charge in [0, 0.05) is 12.1 Å². The van der Waals surface area contributed by atoms with Crippen molar-refractivity contribution in [2.45, 2.75) is 65.0 Å². The summed E-state index contributed by atoms with van der Waals surface area (Å²) in [5.74, 6) is -3.65. The van der Waals surface area contributed by atoms with Crippen LogP contribution >= 0.6 is 0 Å². The monoisotopic (exact) mass is 338 g/mol. The Balaban J connectivity index is 3.78. The predicted molar refractivity (Wildman–Crippen MR) is 86.9 cm³/mol. The molecule has 0 aromatic carbocycles. The SMILES string of the molecule is CC(C)(C)NCCCOCC(F)(F)CNC(=O)COC(C)(C)C. The van der Waals surface area contributed by atoms with Crippen LogP contribution in [0.3, 0.4) is 0 Å². The molecule has 7 heteroatoms. The molecule has 0 fully saturated rings. The maximum absolute atomic E-state index is 13.6. The first-order valence-corrected chi connectivity index (χ1v) is 7.92. The van der Waals surface area contributed by atoms with Crippen LogP contribution in [0, 0.1) is 0 Å². The van der Waals surface area contributed by atoms with Crippen molar-refractivity contribution in [1.29, 1.82) is 0 Å². The Kier molecular flexibility index (Phi) is 9.17. The molecule has 138 valence electrons. The summed E-state index contributed by atoms with van der Waals surface area (Å²) in [4.78, 5) is 11.4. The van der Waals surface area contributed by atoms with Gasteiger partial charge in [0.2, 0.25) is 5.91 Å². The zero-order valence-corrected chi connectivity index (χ0v) is 15.2. The first-order chi connectivity index (χ1) is 10.3. The number of halogens is 2. The van der Waals surface area contributed by atoms with Crippen LogP contribution in [0.5, 0.6) is 0 Å². The van der Waals surface area contributed by atoms with Crippen molar-refractivity contribution < 1.29 is 23.0 Å². The van der Waals surface area contributed by atoms with Crippen LogP contribution in [0.1, 0.15) is 48.0 Å². The van der Waals surface area contributed by atoms with Gasteiger partial charge in [-0.2, -0.15) is 0 Å². The van der Waals surface area contributed by atoms with Gasteiger partial charge in [-0.3, -0.25) is 4.79 Å². The molecule has 0 rings (SSSR count). The van der Waals surface area contributed by atoms with Crippen LogP contribution in [0.2, 0.25) is 0 Å². The van der Waals surface area contributed by atoms with E-state index < -0.39 is 30.6 Å². The van der Waals surface area contributed by atoms with Crippen molar-refractivity contribution in [3.63, 3.8) is 0 Å². The van der Waals surface area contributed by atoms with Crippen molar-refractivity contribution in [3.8, 4) is 0 Å². The van der Waals surface area contributed by atoms with Gasteiger partial charge in [0.15, 0.2) is 0 Å². The van der Waals surface area contributed by atoms with Gasteiger partial charge in [0.1, 0.15) is 13.2 Å². The van der Waals surface area contributed by atoms with Crippen molar-refractivity contribution in [1.82, 2.24) is 10.6 Å². The van der Waals surface area contributed by atoms with Gasteiger partial charge in [-0.15, -0.1) is 0 Å². The molecule has 0 aliphatic rings. The Hall–Kier alpha value is -0.790. The first-order valence-electron chi connectivity index (χ1n) is 7.92. The topological polar surface area (TPSA) is 59.6 Å².